The Morgan fingerprint density at radius 2 is 1.04 bits per heavy atom. The zero-order valence-corrected chi connectivity index (χ0v) is 18.8. The minimum absolute atomic E-state index is 0. The third-order valence-electron chi connectivity index (χ3n) is 4.38. The molecular weight excluding hydrogens is 325 g/mol. The maximum absolute atomic E-state index is 11.2. The standard InChI is InChI=1S/C20H39NO3.Na.H/c1-2-3-4-5-6-7-8-9-10-11-12-13-14-15-16-17-19(22)24-20(23)18-21;;/h2-18,21H2,1H3;;/q;+1;-1. The van der Waals surface area contributed by atoms with Crippen LogP contribution in [-0.4, -0.2) is 18.5 Å². The first-order chi connectivity index (χ1) is 11.7. The van der Waals surface area contributed by atoms with E-state index in [4.69, 9.17) is 5.73 Å². The summed E-state index contributed by atoms with van der Waals surface area (Å²) >= 11 is 0. The molecule has 0 aromatic heterocycles. The SMILES string of the molecule is CCCCCCCCCCCCCCCCCC(=O)OC(=O)CN.[H-].[Na+]. The van der Waals surface area contributed by atoms with Gasteiger partial charge >= 0.3 is 41.5 Å². The fraction of sp³-hybridized carbons (Fsp3) is 0.900. The van der Waals surface area contributed by atoms with Crippen LogP contribution in [0, 0.1) is 0 Å². The molecule has 0 atom stereocenters. The second kappa shape index (κ2) is 22.1. The van der Waals surface area contributed by atoms with Crippen LogP contribution >= 0.6 is 0 Å². The third-order valence-corrected chi connectivity index (χ3v) is 4.38. The van der Waals surface area contributed by atoms with E-state index in [1.54, 1.807) is 0 Å². The summed E-state index contributed by atoms with van der Waals surface area (Å²) in [5.41, 5.74) is 5.08. The minimum atomic E-state index is -0.638. The molecule has 0 bridgehead atoms. The summed E-state index contributed by atoms with van der Waals surface area (Å²) in [6.07, 6.45) is 19.7. The van der Waals surface area contributed by atoms with Crippen LogP contribution in [0.1, 0.15) is 111 Å². The van der Waals surface area contributed by atoms with Gasteiger partial charge in [-0.3, -0.25) is 9.59 Å². The molecule has 0 aromatic carbocycles. The molecule has 0 aromatic rings. The number of rotatable bonds is 17. The van der Waals surface area contributed by atoms with Crippen LogP contribution < -0.4 is 35.3 Å². The molecule has 0 saturated carbocycles. The predicted octanol–water partition coefficient (Wildman–Crippen LogP) is 2.39. The van der Waals surface area contributed by atoms with Gasteiger partial charge in [0, 0.05) is 6.42 Å². The summed E-state index contributed by atoms with van der Waals surface area (Å²) in [5.74, 6) is -1.08. The quantitative estimate of drug-likeness (QED) is 0.186. The number of carbonyl (C=O) groups excluding carboxylic acids is 2. The van der Waals surface area contributed by atoms with Crippen LogP contribution in [0.5, 0.6) is 0 Å². The molecule has 0 saturated heterocycles. The van der Waals surface area contributed by atoms with E-state index in [9.17, 15) is 9.59 Å². The van der Waals surface area contributed by atoms with E-state index >= 15 is 0 Å². The van der Waals surface area contributed by atoms with Gasteiger partial charge in [0.1, 0.15) is 0 Å². The van der Waals surface area contributed by atoms with Crippen molar-refractivity contribution in [3.8, 4) is 0 Å². The summed E-state index contributed by atoms with van der Waals surface area (Å²) in [4.78, 5) is 22.1. The Morgan fingerprint density at radius 1 is 0.680 bits per heavy atom. The molecular formula is C20H40NNaO3. The summed E-state index contributed by atoms with van der Waals surface area (Å²) in [7, 11) is 0. The Kier molecular flexibility index (Phi) is 24.2. The number of carbonyl (C=O) groups is 2. The number of hydrogen-bond acceptors (Lipinski definition) is 4. The van der Waals surface area contributed by atoms with Gasteiger partial charge in [0.15, 0.2) is 0 Å². The molecule has 0 radical (unpaired) electrons. The number of esters is 2. The van der Waals surface area contributed by atoms with E-state index in [0.29, 0.717) is 6.42 Å². The van der Waals surface area contributed by atoms with E-state index in [2.05, 4.69) is 11.7 Å². The predicted molar refractivity (Wildman–Crippen MR) is 101 cm³/mol. The van der Waals surface area contributed by atoms with Crippen molar-refractivity contribution >= 4 is 11.9 Å². The van der Waals surface area contributed by atoms with Crippen molar-refractivity contribution in [3.63, 3.8) is 0 Å². The van der Waals surface area contributed by atoms with Crippen LogP contribution in [0.3, 0.4) is 0 Å². The van der Waals surface area contributed by atoms with Crippen molar-refractivity contribution in [3.05, 3.63) is 0 Å². The Balaban J connectivity index is -0.00000264. The van der Waals surface area contributed by atoms with E-state index < -0.39 is 11.9 Å². The second-order valence-electron chi connectivity index (χ2n) is 6.75. The average molecular weight is 366 g/mol. The molecule has 0 aliphatic heterocycles. The number of nitrogens with two attached hydrogens (primary N) is 1. The van der Waals surface area contributed by atoms with Crippen molar-refractivity contribution in [1.29, 1.82) is 0 Å². The van der Waals surface area contributed by atoms with Gasteiger partial charge in [0.05, 0.1) is 6.54 Å². The van der Waals surface area contributed by atoms with Gasteiger partial charge in [-0.25, -0.2) is 0 Å². The Bertz CT molecular complexity index is 317. The molecule has 4 nitrogen and oxygen atoms in total. The van der Waals surface area contributed by atoms with Crippen molar-refractivity contribution < 1.29 is 45.3 Å². The monoisotopic (exact) mass is 365 g/mol. The summed E-state index contributed by atoms with van der Waals surface area (Å²) < 4.78 is 4.52. The molecule has 0 unspecified atom stereocenters. The van der Waals surface area contributed by atoms with Gasteiger partial charge in [0.25, 0.3) is 0 Å². The Labute approximate surface area is 178 Å². The first-order valence-electron chi connectivity index (χ1n) is 10.1. The Hall–Kier alpha value is 0.1000. The van der Waals surface area contributed by atoms with E-state index in [0.717, 1.165) is 19.3 Å². The van der Waals surface area contributed by atoms with Crippen LogP contribution in [0.2, 0.25) is 0 Å². The zero-order chi connectivity index (χ0) is 17.9. The van der Waals surface area contributed by atoms with E-state index in [1.165, 1.54) is 77.0 Å². The summed E-state index contributed by atoms with van der Waals surface area (Å²) in [6, 6.07) is 0. The van der Waals surface area contributed by atoms with Crippen LogP contribution in [0.4, 0.5) is 0 Å². The van der Waals surface area contributed by atoms with Crippen LogP contribution in [-0.2, 0) is 14.3 Å². The van der Waals surface area contributed by atoms with Gasteiger partial charge < -0.3 is 11.9 Å². The first kappa shape index (κ1) is 27.3. The third kappa shape index (κ3) is 22.1. The molecule has 0 aliphatic rings. The fourth-order valence-electron chi connectivity index (χ4n) is 2.86. The summed E-state index contributed by atoms with van der Waals surface area (Å²) in [5, 5.41) is 0. The molecule has 25 heavy (non-hydrogen) atoms. The number of unbranched alkanes of at least 4 members (excludes halogenated alkanes) is 14. The van der Waals surface area contributed by atoms with E-state index in [1.807, 2.05) is 0 Å². The molecule has 144 valence electrons. The fourth-order valence-corrected chi connectivity index (χ4v) is 2.86. The van der Waals surface area contributed by atoms with Gasteiger partial charge in [-0.05, 0) is 6.42 Å². The Morgan fingerprint density at radius 3 is 1.40 bits per heavy atom. The van der Waals surface area contributed by atoms with Crippen molar-refractivity contribution in [1.82, 2.24) is 0 Å². The van der Waals surface area contributed by atoms with Crippen molar-refractivity contribution in [2.75, 3.05) is 6.54 Å². The van der Waals surface area contributed by atoms with Crippen molar-refractivity contribution in [2.24, 2.45) is 5.73 Å². The molecule has 0 aliphatic carbocycles. The first-order valence-corrected chi connectivity index (χ1v) is 10.1. The summed E-state index contributed by atoms with van der Waals surface area (Å²) in [6.45, 7) is 2.03. The molecule has 0 amide bonds. The van der Waals surface area contributed by atoms with E-state index in [-0.39, 0.29) is 37.5 Å². The van der Waals surface area contributed by atoms with Crippen LogP contribution in [0.15, 0.2) is 0 Å². The molecule has 0 heterocycles. The smallest absolute Gasteiger partial charge is 1.00 e. The van der Waals surface area contributed by atoms with Gasteiger partial charge in [-0.2, -0.15) is 0 Å². The molecule has 5 heteroatoms. The topological polar surface area (TPSA) is 69.4 Å². The maximum Gasteiger partial charge on any atom is 1.00 e. The minimum Gasteiger partial charge on any atom is -1.00 e. The normalized spacial score (nSPS) is 10.3. The van der Waals surface area contributed by atoms with Gasteiger partial charge in [0.2, 0.25) is 0 Å². The van der Waals surface area contributed by atoms with Gasteiger partial charge in [-0.1, -0.05) is 96.8 Å². The van der Waals surface area contributed by atoms with Crippen LogP contribution in [0.25, 0.3) is 0 Å². The molecule has 0 rings (SSSR count). The average Bonchev–Trinajstić information content (AvgIpc) is 2.58. The van der Waals surface area contributed by atoms with Crippen molar-refractivity contribution in [2.45, 2.75) is 110 Å². The molecule has 0 fully saturated rings. The van der Waals surface area contributed by atoms with Gasteiger partial charge in [-0.15, -0.1) is 0 Å². The molecule has 0 spiro atoms. The second-order valence-corrected chi connectivity index (χ2v) is 6.75. The number of ether oxygens (including phenoxy) is 1. The largest absolute Gasteiger partial charge is 1.00 e. The number of hydrogen-bond donors (Lipinski definition) is 1. The zero-order valence-electron chi connectivity index (χ0n) is 17.8. The molecule has 2 N–H and O–H groups in total. The maximum atomic E-state index is 11.2.